The molecule has 1 atom stereocenters. The Kier molecular flexibility index (Phi) is 7.73. The Morgan fingerprint density at radius 3 is 2.68 bits per heavy atom. The first kappa shape index (κ1) is 16.7. The van der Waals surface area contributed by atoms with E-state index in [4.69, 9.17) is 5.11 Å². The van der Waals surface area contributed by atoms with Gasteiger partial charge < -0.3 is 19.8 Å². The second-order valence-electron chi connectivity index (χ2n) is 3.46. The van der Waals surface area contributed by atoms with E-state index in [0.717, 1.165) is 12.1 Å². The first-order valence-corrected chi connectivity index (χ1v) is 5.38. The molecule has 10 nitrogen and oxygen atoms in total. The molecule has 0 aromatic heterocycles. The Labute approximate surface area is 109 Å². The Morgan fingerprint density at radius 2 is 2.16 bits per heavy atom. The number of hydrogen-bond acceptors (Lipinski definition) is 7. The van der Waals surface area contributed by atoms with Crippen LogP contribution in [0.2, 0.25) is 0 Å². The Bertz CT molecular complexity index is 334. The van der Waals surface area contributed by atoms with Crippen molar-refractivity contribution < 1.29 is 34.0 Å². The summed E-state index contributed by atoms with van der Waals surface area (Å²) in [4.78, 5) is 25.7. The van der Waals surface area contributed by atoms with Gasteiger partial charge in [-0.2, -0.15) is 0 Å². The van der Waals surface area contributed by atoms with Gasteiger partial charge in [-0.15, -0.1) is 5.01 Å². The molecule has 0 heterocycles. The van der Waals surface area contributed by atoms with Crippen LogP contribution in [0.3, 0.4) is 0 Å². The number of methoxy groups -OCH3 is 1. The minimum Gasteiger partial charge on any atom is -0.569 e. The average molecular weight is 279 g/mol. The fourth-order valence-electron chi connectivity index (χ4n) is 0.919. The number of carboxylic acid groups (broad SMARTS) is 1. The summed E-state index contributed by atoms with van der Waals surface area (Å²) >= 11 is 0. The van der Waals surface area contributed by atoms with Gasteiger partial charge in [0.15, 0.2) is 0 Å². The molecule has 0 amide bonds. The van der Waals surface area contributed by atoms with Crippen molar-refractivity contribution in [3.8, 4) is 0 Å². The number of carboxylic acids is 1. The predicted molar refractivity (Wildman–Crippen MR) is 59.6 cm³/mol. The van der Waals surface area contributed by atoms with Crippen molar-refractivity contribution in [3.63, 3.8) is 0 Å². The van der Waals surface area contributed by atoms with Gasteiger partial charge in [0.2, 0.25) is 5.28 Å². The first-order chi connectivity index (χ1) is 8.86. The summed E-state index contributed by atoms with van der Waals surface area (Å²) in [5, 5.41) is 24.0. The van der Waals surface area contributed by atoms with Crippen molar-refractivity contribution in [1.82, 2.24) is 5.01 Å². The fraction of sp³-hybridized carbons (Fsp3) is 0.778. The monoisotopic (exact) mass is 279 g/mol. The number of carbonyl (C=O) groups is 2. The van der Waals surface area contributed by atoms with Crippen molar-refractivity contribution >= 4 is 12.1 Å². The van der Waals surface area contributed by atoms with Gasteiger partial charge in [-0.25, -0.2) is 4.79 Å². The maximum atomic E-state index is 11.3. The SMILES string of the molecule is COC(=O)OC(C)ON=[N+]([O-])N(C)CCCC(=O)O. The molecule has 1 unspecified atom stereocenters. The van der Waals surface area contributed by atoms with Gasteiger partial charge in [0.05, 0.1) is 25.7 Å². The molecule has 19 heavy (non-hydrogen) atoms. The van der Waals surface area contributed by atoms with Crippen LogP contribution >= 0.6 is 0 Å². The summed E-state index contributed by atoms with van der Waals surface area (Å²) in [5.74, 6) is -0.945. The van der Waals surface area contributed by atoms with Crippen LogP contribution in [0.15, 0.2) is 5.28 Å². The second-order valence-corrected chi connectivity index (χ2v) is 3.46. The smallest absolute Gasteiger partial charge is 0.511 e. The number of hydrogen-bond donors (Lipinski definition) is 1. The van der Waals surface area contributed by atoms with Crippen LogP contribution in [0.4, 0.5) is 4.79 Å². The Balaban J connectivity index is 4.03. The highest BCUT2D eigenvalue weighted by molar-refractivity contribution is 5.66. The topological polar surface area (TPSA) is 124 Å². The molecule has 0 rings (SSSR count). The van der Waals surface area contributed by atoms with Crippen molar-refractivity contribution in [2.45, 2.75) is 26.1 Å². The lowest BCUT2D eigenvalue weighted by atomic mass is 10.3. The van der Waals surface area contributed by atoms with Gasteiger partial charge in [-0.1, -0.05) is 0 Å². The highest BCUT2D eigenvalue weighted by Gasteiger charge is 2.13. The van der Waals surface area contributed by atoms with E-state index in [0.29, 0.717) is 0 Å². The largest absolute Gasteiger partial charge is 0.569 e. The van der Waals surface area contributed by atoms with E-state index in [1.54, 1.807) is 0 Å². The number of carbonyl (C=O) groups excluding carboxylic acids is 1. The molecule has 0 spiro atoms. The number of ether oxygens (including phenoxy) is 2. The molecule has 0 saturated heterocycles. The van der Waals surface area contributed by atoms with Gasteiger partial charge in [-0.3, -0.25) is 9.63 Å². The number of aliphatic carboxylic acids is 1. The molecule has 0 aliphatic rings. The van der Waals surface area contributed by atoms with E-state index in [-0.39, 0.29) is 24.4 Å². The minimum atomic E-state index is -1.09. The van der Waals surface area contributed by atoms with Crippen LogP contribution in [0, 0.1) is 5.21 Å². The summed E-state index contributed by atoms with van der Waals surface area (Å²) in [6.07, 6.45) is -1.82. The minimum absolute atomic E-state index is 0.0547. The van der Waals surface area contributed by atoms with Gasteiger partial charge in [-0.05, 0) is 6.42 Å². The van der Waals surface area contributed by atoms with Crippen LogP contribution in [-0.2, 0) is 19.1 Å². The summed E-state index contributed by atoms with van der Waals surface area (Å²) in [7, 11) is 2.54. The van der Waals surface area contributed by atoms with E-state index >= 15 is 0 Å². The maximum Gasteiger partial charge on any atom is 0.511 e. The van der Waals surface area contributed by atoms with Gasteiger partial charge in [0.1, 0.15) is 0 Å². The number of nitrogens with zero attached hydrogens (tertiary/aromatic N) is 3. The highest BCUT2D eigenvalue weighted by atomic mass is 16.8. The molecule has 0 radical (unpaired) electrons. The van der Waals surface area contributed by atoms with E-state index in [1.807, 2.05) is 0 Å². The molecule has 110 valence electrons. The van der Waals surface area contributed by atoms with Crippen molar-refractivity contribution in [3.05, 3.63) is 5.21 Å². The molecule has 0 fully saturated rings. The maximum absolute atomic E-state index is 11.3. The third-order valence-corrected chi connectivity index (χ3v) is 1.86. The lowest BCUT2D eigenvalue weighted by Crippen LogP contribution is -2.28. The molecule has 1 N–H and O–H groups in total. The normalized spacial score (nSPS) is 12.5. The number of hydrazine groups is 1. The highest BCUT2D eigenvalue weighted by Crippen LogP contribution is 1.99. The zero-order valence-electron chi connectivity index (χ0n) is 10.9. The van der Waals surface area contributed by atoms with Crippen LogP contribution in [-0.4, -0.2) is 54.2 Å². The molecule has 0 aromatic carbocycles. The quantitative estimate of drug-likeness (QED) is 0.226. The van der Waals surface area contributed by atoms with E-state index in [1.165, 1.54) is 14.0 Å². The van der Waals surface area contributed by atoms with Crippen molar-refractivity contribution in [2.75, 3.05) is 20.7 Å². The van der Waals surface area contributed by atoms with E-state index in [9.17, 15) is 14.8 Å². The molecule has 0 bridgehead atoms. The lowest BCUT2D eigenvalue weighted by Gasteiger charge is -2.13. The van der Waals surface area contributed by atoms with Gasteiger partial charge in [0.25, 0.3) is 6.29 Å². The summed E-state index contributed by atoms with van der Waals surface area (Å²) in [6.45, 7) is 1.54. The van der Waals surface area contributed by atoms with Crippen molar-refractivity contribution in [2.24, 2.45) is 5.28 Å². The Morgan fingerprint density at radius 1 is 1.53 bits per heavy atom. The predicted octanol–water partition coefficient (Wildman–Crippen LogP) is 0.721. The molecule has 0 aliphatic carbocycles. The molecular weight excluding hydrogens is 262 g/mol. The second kappa shape index (κ2) is 8.78. The first-order valence-electron chi connectivity index (χ1n) is 5.38. The fourth-order valence-corrected chi connectivity index (χ4v) is 0.919. The zero-order valence-corrected chi connectivity index (χ0v) is 10.9. The third kappa shape index (κ3) is 8.46. The van der Waals surface area contributed by atoms with Crippen LogP contribution in [0.5, 0.6) is 0 Å². The summed E-state index contributed by atoms with van der Waals surface area (Å²) in [6, 6.07) is 0. The van der Waals surface area contributed by atoms with Crippen LogP contribution in [0.25, 0.3) is 0 Å². The zero-order chi connectivity index (χ0) is 14.8. The lowest BCUT2D eigenvalue weighted by molar-refractivity contribution is -0.707. The summed E-state index contributed by atoms with van der Waals surface area (Å²) in [5.41, 5.74) is 0. The van der Waals surface area contributed by atoms with Crippen LogP contribution in [0.1, 0.15) is 19.8 Å². The summed E-state index contributed by atoms with van der Waals surface area (Å²) < 4.78 is 8.71. The Hall–Kier alpha value is -2.26. The molecule has 0 aromatic rings. The molecule has 0 saturated carbocycles. The van der Waals surface area contributed by atoms with Gasteiger partial charge >= 0.3 is 12.1 Å². The standard InChI is InChI=1S/C9H17N3O7/c1-7(18-9(15)17-3)19-10-12(16)11(2)6-4-5-8(13)14/h7H,4-6H2,1-3H3,(H,13,14). The number of rotatable bonds is 8. The van der Waals surface area contributed by atoms with Crippen LogP contribution < -0.4 is 0 Å². The van der Waals surface area contributed by atoms with E-state index in [2.05, 4.69) is 19.6 Å². The van der Waals surface area contributed by atoms with Crippen molar-refractivity contribution in [1.29, 1.82) is 0 Å². The third-order valence-electron chi connectivity index (χ3n) is 1.86. The van der Waals surface area contributed by atoms with E-state index < -0.39 is 18.4 Å². The average Bonchev–Trinajstić information content (AvgIpc) is 2.35. The molecular formula is C9H17N3O7. The van der Waals surface area contributed by atoms with Gasteiger partial charge in [0, 0.05) is 13.3 Å². The molecule has 0 aliphatic heterocycles. The molecule has 10 heteroatoms.